The van der Waals surface area contributed by atoms with Crippen LogP contribution in [-0.4, -0.2) is 71.7 Å². The summed E-state index contributed by atoms with van der Waals surface area (Å²) in [5.74, 6) is -1.37. The van der Waals surface area contributed by atoms with Crippen molar-refractivity contribution in [2.75, 3.05) is 39.4 Å². The lowest BCUT2D eigenvalue weighted by Gasteiger charge is -2.49. The number of hydrogen-bond acceptors (Lipinski definition) is 4. The molecule has 1 N–H and O–H groups in total. The van der Waals surface area contributed by atoms with Gasteiger partial charge in [0.05, 0.1) is 19.1 Å². The molecule has 1 saturated carbocycles. The Balaban J connectivity index is 1.72. The van der Waals surface area contributed by atoms with E-state index in [-0.39, 0.29) is 17.9 Å². The number of ether oxygens (including phenoxy) is 1. The van der Waals surface area contributed by atoms with E-state index in [0.29, 0.717) is 13.1 Å². The van der Waals surface area contributed by atoms with Crippen molar-refractivity contribution in [3.8, 4) is 0 Å². The van der Waals surface area contributed by atoms with Crippen molar-refractivity contribution in [2.45, 2.75) is 44.1 Å². The van der Waals surface area contributed by atoms with E-state index in [1.165, 1.54) is 19.3 Å². The van der Waals surface area contributed by atoms with Crippen LogP contribution in [0.15, 0.2) is 0 Å². The summed E-state index contributed by atoms with van der Waals surface area (Å²) in [5, 5.41) is 9.16. The highest BCUT2D eigenvalue weighted by molar-refractivity contribution is 5.86. The highest BCUT2D eigenvalue weighted by Gasteiger charge is 2.44. The average Bonchev–Trinajstić information content (AvgIpc) is 2.90. The van der Waals surface area contributed by atoms with Crippen LogP contribution >= 0.6 is 0 Å². The van der Waals surface area contributed by atoms with Crippen molar-refractivity contribution in [2.24, 2.45) is 5.92 Å². The standard InChI is InChI=1S/C16H26N2O4/c19-14-10-13(15(20)21)11-17(14)12-16(4-2-1-3-5-16)18-6-8-22-9-7-18/h13H,1-12H2,(H,20,21). The first kappa shape index (κ1) is 15.7. The van der Waals surface area contributed by atoms with Gasteiger partial charge in [-0.15, -0.1) is 0 Å². The van der Waals surface area contributed by atoms with Gasteiger partial charge in [0.15, 0.2) is 0 Å². The van der Waals surface area contributed by atoms with E-state index >= 15 is 0 Å². The van der Waals surface area contributed by atoms with Crippen LogP contribution in [0, 0.1) is 5.92 Å². The molecule has 0 aromatic carbocycles. The summed E-state index contributed by atoms with van der Waals surface area (Å²) in [5.41, 5.74) is 0.0328. The lowest BCUT2D eigenvalue weighted by Crippen LogP contribution is -2.59. The minimum Gasteiger partial charge on any atom is -0.481 e. The van der Waals surface area contributed by atoms with Crippen LogP contribution in [0.5, 0.6) is 0 Å². The third-order valence-electron chi connectivity index (χ3n) is 5.52. The van der Waals surface area contributed by atoms with Crippen molar-refractivity contribution in [1.29, 1.82) is 0 Å². The van der Waals surface area contributed by atoms with E-state index in [4.69, 9.17) is 9.84 Å². The van der Waals surface area contributed by atoms with Gasteiger partial charge in [-0.2, -0.15) is 0 Å². The second-order valence-electron chi connectivity index (χ2n) is 6.90. The smallest absolute Gasteiger partial charge is 0.308 e. The summed E-state index contributed by atoms with van der Waals surface area (Å²) in [6, 6.07) is 0. The lowest BCUT2D eigenvalue weighted by molar-refractivity contribution is -0.141. The molecular weight excluding hydrogens is 284 g/mol. The molecule has 1 atom stereocenters. The first-order valence-corrected chi connectivity index (χ1v) is 8.44. The van der Waals surface area contributed by atoms with Crippen LogP contribution in [0.4, 0.5) is 0 Å². The van der Waals surface area contributed by atoms with Gasteiger partial charge in [-0.05, 0) is 12.8 Å². The third kappa shape index (κ3) is 3.13. The molecule has 2 aliphatic heterocycles. The predicted molar refractivity (Wildman–Crippen MR) is 80.5 cm³/mol. The van der Waals surface area contributed by atoms with Crippen LogP contribution in [0.1, 0.15) is 38.5 Å². The highest BCUT2D eigenvalue weighted by atomic mass is 16.5. The van der Waals surface area contributed by atoms with Gasteiger partial charge in [0, 0.05) is 38.1 Å². The summed E-state index contributed by atoms with van der Waals surface area (Å²) < 4.78 is 5.48. The van der Waals surface area contributed by atoms with Gasteiger partial charge < -0.3 is 14.7 Å². The van der Waals surface area contributed by atoms with Crippen molar-refractivity contribution in [3.63, 3.8) is 0 Å². The number of hydrogen-bond donors (Lipinski definition) is 1. The topological polar surface area (TPSA) is 70.1 Å². The number of rotatable bonds is 4. The number of nitrogens with zero attached hydrogens (tertiary/aromatic N) is 2. The van der Waals surface area contributed by atoms with E-state index in [9.17, 15) is 9.59 Å². The fourth-order valence-electron chi connectivity index (χ4n) is 4.27. The number of carboxylic acids is 1. The molecule has 1 amide bonds. The molecule has 6 heteroatoms. The van der Waals surface area contributed by atoms with Crippen LogP contribution in [0.2, 0.25) is 0 Å². The Bertz CT molecular complexity index is 428. The molecule has 3 aliphatic rings. The second kappa shape index (κ2) is 6.54. The fraction of sp³-hybridized carbons (Fsp3) is 0.875. The largest absolute Gasteiger partial charge is 0.481 e. The van der Waals surface area contributed by atoms with Gasteiger partial charge in [-0.3, -0.25) is 14.5 Å². The predicted octanol–water partition coefficient (Wildman–Crippen LogP) is 0.955. The Hall–Kier alpha value is -1.14. The molecule has 0 spiro atoms. The Morgan fingerprint density at radius 1 is 1.23 bits per heavy atom. The van der Waals surface area contributed by atoms with Gasteiger partial charge in [-0.25, -0.2) is 0 Å². The van der Waals surface area contributed by atoms with Crippen LogP contribution in [0.25, 0.3) is 0 Å². The average molecular weight is 310 g/mol. The van der Waals surface area contributed by atoms with E-state index in [1.54, 1.807) is 4.90 Å². The maximum atomic E-state index is 12.2. The minimum absolute atomic E-state index is 0.00519. The highest BCUT2D eigenvalue weighted by Crippen LogP contribution is 2.36. The van der Waals surface area contributed by atoms with Gasteiger partial charge in [0.2, 0.25) is 5.91 Å². The molecule has 3 rings (SSSR count). The Morgan fingerprint density at radius 3 is 2.50 bits per heavy atom. The SMILES string of the molecule is O=C(O)C1CC(=O)N(CC2(N3CCOCC3)CCCCC2)C1. The van der Waals surface area contributed by atoms with E-state index in [2.05, 4.69) is 4.90 Å². The minimum atomic E-state index is -0.847. The van der Waals surface area contributed by atoms with E-state index in [0.717, 1.165) is 39.1 Å². The number of carbonyl (C=O) groups excluding carboxylic acids is 1. The molecule has 2 heterocycles. The summed E-state index contributed by atoms with van der Waals surface area (Å²) in [4.78, 5) is 27.7. The summed E-state index contributed by atoms with van der Waals surface area (Å²) in [7, 11) is 0. The van der Waals surface area contributed by atoms with Gasteiger partial charge in [-0.1, -0.05) is 19.3 Å². The zero-order valence-electron chi connectivity index (χ0n) is 13.1. The quantitative estimate of drug-likeness (QED) is 0.837. The zero-order valence-corrected chi connectivity index (χ0v) is 13.1. The van der Waals surface area contributed by atoms with E-state index < -0.39 is 11.9 Å². The molecule has 1 unspecified atom stereocenters. The molecule has 124 valence electrons. The fourth-order valence-corrected chi connectivity index (χ4v) is 4.27. The Morgan fingerprint density at radius 2 is 1.91 bits per heavy atom. The van der Waals surface area contributed by atoms with Crippen LogP contribution < -0.4 is 0 Å². The first-order valence-electron chi connectivity index (χ1n) is 8.44. The van der Waals surface area contributed by atoms with Gasteiger partial charge in [0.25, 0.3) is 0 Å². The van der Waals surface area contributed by atoms with Crippen molar-refractivity contribution < 1.29 is 19.4 Å². The number of likely N-dealkylation sites (tertiary alicyclic amines) is 1. The molecule has 2 saturated heterocycles. The van der Waals surface area contributed by atoms with Gasteiger partial charge in [0.1, 0.15) is 0 Å². The molecule has 0 radical (unpaired) electrons. The number of morpholine rings is 1. The zero-order chi connectivity index (χ0) is 15.6. The maximum absolute atomic E-state index is 12.2. The molecule has 0 aromatic rings. The third-order valence-corrected chi connectivity index (χ3v) is 5.52. The van der Waals surface area contributed by atoms with E-state index in [1.807, 2.05) is 0 Å². The molecule has 0 bridgehead atoms. The molecule has 22 heavy (non-hydrogen) atoms. The number of amides is 1. The van der Waals surface area contributed by atoms with Crippen LogP contribution in [-0.2, 0) is 14.3 Å². The molecular formula is C16H26N2O4. The van der Waals surface area contributed by atoms with Crippen molar-refractivity contribution in [3.05, 3.63) is 0 Å². The second-order valence-corrected chi connectivity index (χ2v) is 6.90. The first-order chi connectivity index (χ1) is 10.6. The van der Waals surface area contributed by atoms with Gasteiger partial charge >= 0.3 is 5.97 Å². The molecule has 1 aliphatic carbocycles. The summed E-state index contributed by atoms with van der Waals surface area (Å²) >= 11 is 0. The molecule has 3 fully saturated rings. The van der Waals surface area contributed by atoms with Crippen LogP contribution in [0.3, 0.4) is 0 Å². The number of aliphatic carboxylic acids is 1. The lowest BCUT2D eigenvalue weighted by atomic mass is 9.79. The normalized spacial score (nSPS) is 29.7. The molecule has 6 nitrogen and oxygen atoms in total. The van der Waals surface area contributed by atoms with Crippen molar-refractivity contribution in [1.82, 2.24) is 9.80 Å². The Kier molecular flexibility index (Phi) is 4.68. The Labute approximate surface area is 131 Å². The summed E-state index contributed by atoms with van der Waals surface area (Å²) in [6.07, 6.45) is 6.03. The number of carboxylic acid groups (broad SMARTS) is 1. The number of carbonyl (C=O) groups is 2. The monoisotopic (exact) mass is 310 g/mol. The maximum Gasteiger partial charge on any atom is 0.308 e. The summed E-state index contributed by atoms with van der Waals surface area (Å²) in [6.45, 7) is 4.42. The molecule has 0 aromatic heterocycles. The van der Waals surface area contributed by atoms with Crippen molar-refractivity contribution >= 4 is 11.9 Å².